The van der Waals surface area contributed by atoms with Crippen molar-refractivity contribution < 1.29 is 39.5 Å². The van der Waals surface area contributed by atoms with Gasteiger partial charge in [0.1, 0.15) is 0 Å². The van der Waals surface area contributed by atoms with E-state index in [2.05, 4.69) is 0 Å². The Hall–Kier alpha value is -0.630. The van der Waals surface area contributed by atoms with Crippen LogP contribution in [0.5, 0.6) is 0 Å². The minimum atomic E-state index is -6.42. The minimum absolute atomic E-state index is 0.189. The normalized spacial score (nSPS) is 15.6. The number of hydrogen-bond donors (Lipinski definition) is 0. The predicted octanol–water partition coefficient (Wildman–Crippen LogP) is 4.07. The maximum Gasteiger partial charge on any atom is 0.412 e. The molecule has 0 bridgehead atoms. The van der Waals surface area contributed by atoms with Gasteiger partial charge in [-0.05, 0) is 6.42 Å². The minimum Gasteiger partial charge on any atom is -0.170 e. The van der Waals surface area contributed by atoms with E-state index in [-0.39, 0.29) is 6.92 Å². The SMILES string of the molecule is CCC(C(F)(F)F)(C(F)(F)F)C(F)(F)F. The topological polar surface area (TPSA) is 0 Å². The molecule has 0 aromatic heterocycles. The molecule has 15 heavy (non-hydrogen) atoms. The molecular weight excluding hydrogens is 243 g/mol. The van der Waals surface area contributed by atoms with Crippen LogP contribution in [0.2, 0.25) is 0 Å². The molecule has 0 aromatic carbocycles. The van der Waals surface area contributed by atoms with Crippen LogP contribution in [0, 0.1) is 5.41 Å². The van der Waals surface area contributed by atoms with Crippen molar-refractivity contribution in [3.05, 3.63) is 0 Å². The highest BCUT2D eigenvalue weighted by Crippen LogP contribution is 2.61. The van der Waals surface area contributed by atoms with E-state index in [1.165, 1.54) is 0 Å². The maximum atomic E-state index is 11.9. The summed E-state index contributed by atoms with van der Waals surface area (Å²) in [7, 11) is 0. The Morgan fingerprint density at radius 3 is 0.800 bits per heavy atom. The van der Waals surface area contributed by atoms with Gasteiger partial charge in [-0.3, -0.25) is 0 Å². The molecule has 0 amide bonds. The van der Waals surface area contributed by atoms with Gasteiger partial charge in [-0.15, -0.1) is 0 Å². The molecule has 0 aliphatic rings. The summed E-state index contributed by atoms with van der Waals surface area (Å²) in [5.74, 6) is 0. The number of hydrogen-bond acceptors (Lipinski definition) is 0. The van der Waals surface area contributed by atoms with Crippen molar-refractivity contribution in [1.82, 2.24) is 0 Å². The van der Waals surface area contributed by atoms with E-state index < -0.39 is 30.4 Å². The molecule has 0 heterocycles. The van der Waals surface area contributed by atoms with Gasteiger partial charge in [-0.2, -0.15) is 39.5 Å². The molecule has 0 aliphatic heterocycles. The van der Waals surface area contributed by atoms with E-state index in [0.717, 1.165) is 0 Å². The van der Waals surface area contributed by atoms with E-state index in [9.17, 15) is 39.5 Å². The summed E-state index contributed by atoms with van der Waals surface area (Å²) in [5.41, 5.74) is -5.65. The van der Waals surface area contributed by atoms with E-state index in [4.69, 9.17) is 0 Å². The first-order chi connectivity index (χ1) is 6.31. The zero-order valence-corrected chi connectivity index (χ0v) is 7.11. The van der Waals surface area contributed by atoms with Crippen molar-refractivity contribution in [2.24, 2.45) is 5.41 Å². The molecule has 0 nitrogen and oxygen atoms in total. The summed E-state index contributed by atoms with van der Waals surface area (Å²) in [5, 5.41) is 0. The smallest absolute Gasteiger partial charge is 0.170 e. The highest BCUT2D eigenvalue weighted by atomic mass is 19.4. The first kappa shape index (κ1) is 14.4. The third-order valence-electron chi connectivity index (χ3n) is 1.98. The quantitative estimate of drug-likeness (QED) is 0.613. The maximum absolute atomic E-state index is 11.9. The monoisotopic (exact) mass is 248 g/mol. The first-order valence-corrected chi connectivity index (χ1v) is 3.51. The number of alkyl halides is 9. The van der Waals surface area contributed by atoms with Crippen LogP contribution >= 0.6 is 0 Å². The summed E-state index contributed by atoms with van der Waals surface area (Å²) in [6, 6.07) is 0. The van der Waals surface area contributed by atoms with Crippen LogP contribution in [-0.2, 0) is 0 Å². The molecule has 0 saturated carbocycles. The molecule has 0 atom stereocenters. The molecule has 0 aliphatic carbocycles. The molecule has 0 spiro atoms. The second-order valence-electron chi connectivity index (χ2n) is 2.75. The van der Waals surface area contributed by atoms with Gasteiger partial charge < -0.3 is 0 Å². The van der Waals surface area contributed by atoms with Gasteiger partial charge >= 0.3 is 18.5 Å². The van der Waals surface area contributed by atoms with Gasteiger partial charge in [0, 0.05) is 0 Å². The lowest BCUT2D eigenvalue weighted by Gasteiger charge is -2.37. The van der Waals surface area contributed by atoms with Crippen LogP contribution in [-0.4, -0.2) is 18.5 Å². The Kier molecular flexibility index (Phi) is 3.30. The van der Waals surface area contributed by atoms with Crippen molar-refractivity contribution in [1.29, 1.82) is 0 Å². The molecule has 0 radical (unpaired) electrons. The van der Waals surface area contributed by atoms with Gasteiger partial charge in [0.05, 0.1) is 0 Å². The van der Waals surface area contributed by atoms with Crippen LogP contribution in [0.4, 0.5) is 39.5 Å². The summed E-state index contributed by atoms with van der Waals surface area (Å²) in [4.78, 5) is 0. The summed E-state index contributed by atoms with van der Waals surface area (Å²) in [6.07, 6.45) is -21.4. The lowest BCUT2D eigenvalue weighted by atomic mass is 9.82. The zero-order valence-electron chi connectivity index (χ0n) is 7.11. The van der Waals surface area contributed by atoms with Crippen molar-refractivity contribution in [3.63, 3.8) is 0 Å². The van der Waals surface area contributed by atoms with Crippen molar-refractivity contribution >= 4 is 0 Å². The number of halogens is 9. The predicted molar refractivity (Wildman–Crippen MR) is 30.9 cm³/mol. The fourth-order valence-corrected chi connectivity index (χ4v) is 1.08. The molecular formula is C6H5F9. The summed E-state index contributed by atoms with van der Waals surface area (Å²) < 4.78 is 107. The van der Waals surface area contributed by atoms with Crippen LogP contribution in [0.1, 0.15) is 13.3 Å². The Labute approximate surface area is 78.1 Å². The second-order valence-corrected chi connectivity index (χ2v) is 2.75. The lowest BCUT2D eigenvalue weighted by Crippen LogP contribution is -2.59. The van der Waals surface area contributed by atoms with Crippen LogP contribution in [0.15, 0.2) is 0 Å². The standard InChI is InChI=1S/C6H5F9/c1-2-3(4(7,8)9,5(10,11)12)6(13,14)15/h2H2,1H3. The molecule has 0 unspecified atom stereocenters. The van der Waals surface area contributed by atoms with E-state index in [1.54, 1.807) is 0 Å². The average molecular weight is 248 g/mol. The van der Waals surface area contributed by atoms with Gasteiger partial charge in [0.2, 0.25) is 0 Å². The zero-order chi connectivity index (χ0) is 12.7. The van der Waals surface area contributed by atoms with E-state index in [0.29, 0.717) is 0 Å². The van der Waals surface area contributed by atoms with Crippen LogP contribution in [0.3, 0.4) is 0 Å². The molecule has 92 valence electrons. The fourth-order valence-electron chi connectivity index (χ4n) is 1.08. The van der Waals surface area contributed by atoms with E-state index in [1.807, 2.05) is 0 Å². The Morgan fingerprint density at radius 1 is 0.600 bits per heavy atom. The molecule has 0 saturated heterocycles. The molecule has 0 rings (SSSR count). The fraction of sp³-hybridized carbons (Fsp3) is 1.00. The van der Waals surface area contributed by atoms with Gasteiger partial charge in [0.15, 0.2) is 0 Å². The van der Waals surface area contributed by atoms with Gasteiger partial charge in [-0.25, -0.2) is 0 Å². The van der Waals surface area contributed by atoms with Crippen molar-refractivity contribution in [2.75, 3.05) is 0 Å². The van der Waals surface area contributed by atoms with Gasteiger partial charge in [0.25, 0.3) is 5.41 Å². The molecule has 0 fully saturated rings. The van der Waals surface area contributed by atoms with Crippen molar-refractivity contribution in [3.8, 4) is 0 Å². The summed E-state index contributed by atoms with van der Waals surface area (Å²) in [6.45, 7) is 0.189. The van der Waals surface area contributed by atoms with Crippen molar-refractivity contribution in [2.45, 2.75) is 31.9 Å². The Morgan fingerprint density at radius 2 is 0.800 bits per heavy atom. The molecule has 0 N–H and O–H groups in total. The molecule has 9 heteroatoms. The third kappa shape index (κ3) is 2.00. The summed E-state index contributed by atoms with van der Waals surface area (Å²) >= 11 is 0. The van der Waals surface area contributed by atoms with Crippen LogP contribution < -0.4 is 0 Å². The largest absolute Gasteiger partial charge is 0.412 e. The first-order valence-electron chi connectivity index (χ1n) is 3.51. The number of rotatable bonds is 1. The highest BCUT2D eigenvalue weighted by Gasteiger charge is 2.82. The lowest BCUT2D eigenvalue weighted by molar-refractivity contribution is -0.427. The van der Waals surface area contributed by atoms with E-state index >= 15 is 0 Å². The van der Waals surface area contributed by atoms with Gasteiger partial charge in [-0.1, -0.05) is 6.92 Å². The Bertz CT molecular complexity index is 180. The highest BCUT2D eigenvalue weighted by molar-refractivity contribution is 4.98. The Balaban J connectivity index is 5.78. The average Bonchev–Trinajstić information content (AvgIpc) is 1.76. The molecule has 0 aromatic rings. The second kappa shape index (κ2) is 3.44. The van der Waals surface area contributed by atoms with Crippen LogP contribution in [0.25, 0.3) is 0 Å². The third-order valence-corrected chi connectivity index (χ3v) is 1.98.